The predicted molar refractivity (Wildman–Crippen MR) is 116 cm³/mol. The van der Waals surface area contributed by atoms with Crippen molar-refractivity contribution in [2.45, 2.75) is 32.5 Å². The van der Waals surface area contributed by atoms with Gasteiger partial charge in [0.1, 0.15) is 5.82 Å². The zero-order valence-electron chi connectivity index (χ0n) is 17.8. The van der Waals surface area contributed by atoms with Gasteiger partial charge in [-0.1, -0.05) is 30.9 Å². The Labute approximate surface area is 177 Å². The normalized spacial score (nSPS) is 19.4. The highest BCUT2D eigenvalue weighted by atomic mass is 19.1. The topological polar surface area (TPSA) is 42.0 Å². The Morgan fingerprint density at radius 1 is 1.13 bits per heavy atom. The third-order valence-corrected chi connectivity index (χ3v) is 5.51. The van der Waals surface area contributed by atoms with Gasteiger partial charge in [0.05, 0.1) is 7.11 Å². The van der Waals surface area contributed by atoms with E-state index in [0.717, 1.165) is 24.2 Å². The number of methoxy groups -OCH3 is 1. The van der Waals surface area contributed by atoms with Gasteiger partial charge in [-0.15, -0.1) is 0 Å². The first kappa shape index (κ1) is 21.8. The van der Waals surface area contributed by atoms with Crippen molar-refractivity contribution in [3.63, 3.8) is 0 Å². The highest BCUT2D eigenvalue weighted by molar-refractivity contribution is 5.78. The number of ether oxygens (including phenoxy) is 2. The number of benzene rings is 2. The highest BCUT2D eigenvalue weighted by Crippen LogP contribution is 2.28. The fourth-order valence-corrected chi connectivity index (χ4v) is 3.74. The summed E-state index contributed by atoms with van der Waals surface area (Å²) in [6, 6.07) is 12.3. The predicted octanol–water partition coefficient (Wildman–Crippen LogP) is 3.98. The summed E-state index contributed by atoms with van der Waals surface area (Å²) >= 11 is 0. The van der Waals surface area contributed by atoms with E-state index >= 15 is 0 Å². The van der Waals surface area contributed by atoms with Crippen LogP contribution in [0.25, 0.3) is 6.08 Å². The molecule has 1 aliphatic rings. The molecule has 1 amide bonds. The van der Waals surface area contributed by atoms with Gasteiger partial charge >= 0.3 is 0 Å². The van der Waals surface area contributed by atoms with Gasteiger partial charge in [0.15, 0.2) is 18.1 Å². The van der Waals surface area contributed by atoms with Crippen molar-refractivity contribution in [1.29, 1.82) is 0 Å². The van der Waals surface area contributed by atoms with Gasteiger partial charge in [0.2, 0.25) is 0 Å². The molecule has 0 radical (unpaired) electrons. The van der Waals surface area contributed by atoms with Crippen LogP contribution in [0.15, 0.2) is 49.0 Å². The van der Waals surface area contributed by atoms with Crippen molar-refractivity contribution >= 4 is 12.0 Å². The van der Waals surface area contributed by atoms with Crippen LogP contribution in [0.1, 0.15) is 25.0 Å². The molecular weight excluding hydrogens is 383 g/mol. The van der Waals surface area contributed by atoms with E-state index in [1.54, 1.807) is 19.3 Å². The van der Waals surface area contributed by atoms with Crippen LogP contribution >= 0.6 is 0 Å². The van der Waals surface area contributed by atoms with Gasteiger partial charge in [0, 0.05) is 31.7 Å². The minimum atomic E-state index is -0.230. The summed E-state index contributed by atoms with van der Waals surface area (Å²) in [5.74, 6) is 0.829. The van der Waals surface area contributed by atoms with Gasteiger partial charge in [-0.25, -0.2) is 4.39 Å². The van der Waals surface area contributed by atoms with Crippen LogP contribution in [0.3, 0.4) is 0 Å². The van der Waals surface area contributed by atoms with E-state index in [-0.39, 0.29) is 30.4 Å². The summed E-state index contributed by atoms with van der Waals surface area (Å²) in [6.45, 7) is 9.96. The van der Waals surface area contributed by atoms with E-state index in [4.69, 9.17) is 9.47 Å². The zero-order valence-corrected chi connectivity index (χ0v) is 17.8. The lowest BCUT2D eigenvalue weighted by molar-refractivity contribution is -0.139. The molecule has 5 nitrogen and oxygen atoms in total. The number of hydrogen-bond acceptors (Lipinski definition) is 4. The first-order valence-electron chi connectivity index (χ1n) is 10.1. The molecule has 0 saturated carbocycles. The molecule has 1 aliphatic heterocycles. The summed E-state index contributed by atoms with van der Waals surface area (Å²) in [4.78, 5) is 17.0. The van der Waals surface area contributed by atoms with E-state index < -0.39 is 0 Å². The molecule has 1 saturated heterocycles. The van der Waals surface area contributed by atoms with E-state index in [1.165, 1.54) is 12.1 Å². The van der Waals surface area contributed by atoms with Crippen molar-refractivity contribution in [2.75, 3.05) is 26.8 Å². The molecule has 6 heteroatoms. The lowest BCUT2D eigenvalue weighted by atomic mass is 10.1. The molecule has 1 heterocycles. The van der Waals surface area contributed by atoms with Crippen molar-refractivity contribution in [2.24, 2.45) is 0 Å². The Kier molecular flexibility index (Phi) is 7.11. The largest absolute Gasteiger partial charge is 0.493 e. The fourth-order valence-electron chi connectivity index (χ4n) is 3.74. The Morgan fingerprint density at radius 2 is 1.87 bits per heavy atom. The summed E-state index contributed by atoms with van der Waals surface area (Å²) < 4.78 is 24.3. The third kappa shape index (κ3) is 5.19. The van der Waals surface area contributed by atoms with Gasteiger partial charge in [-0.05, 0) is 49.2 Å². The SMILES string of the molecule is C=Cc1ccc(OCC(=O)N2CC(C)N(Cc3ccc(F)cc3)CC2C)c(OC)c1. The van der Waals surface area contributed by atoms with E-state index in [2.05, 4.69) is 18.4 Å². The number of carbonyl (C=O) groups is 1. The minimum Gasteiger partial charge on any atom is -0.493 e. The lowest BCUT2D eigenvalue weighted by Crippen LogP contribution is -2.58. The van der Waals surface area contributed by atoms with Crippen LogP contribution in [0.4, 0.5) is 4.39 Å². The maximum absolute atomic E-state index is 13.1. The van der Waals surface area contributed by atoms with Gasteiger partial charge < -0.3 is 14.4 Å². The molecule has 30 heavy (non-hydrogen) atoms. The molecule has 160 valence electrons. The Bertz CT molecular complexity index is 885. The van der Waals surface area contributed by atoms with E-state index in [1.807, 2.05) is 36.1 Å². The monoisotopic (exact) mass is 412 g/mol. The zero-order chi connectivity index (χ0) is 21.7. The second-order valence-electron chi connectivity index (χ2n) is 7.70. The third-order valence-electron chi connectivity index (χ3n) is 5.51. The van der Waals surface area contributed by atoms with Crippen LogP contribution in [-0.2, 0) is 11.3 Å². The first-order chi connectivity index (χ1) is 14.4. The molecule has 2 aromatic rings. The molecule has 2 aromatic carbocycles. The number of piperazine rings is 1. The average Bonchev–Trinajstić information content (AvgIpc) is 2.75. The van der Waals surface area contributed by atoms with E-state index in [9.17, 15) is 9.18 Å². The number of amides is 1. The molecule has 1 fully saturated rings. The van der Waals surface area contributed by atoms with Crippen molar-refractivity contribution in [3.05, 3.63) is 66.0 Å². The molecule has 0 bridgehead atoms. The molecular formula is C24H29FN2O3. The van der Waals surface area contributed by atoms with Crippen molar-refractivity contribution in [3.8, 4) is 11.5 Å². The Hall–Kier alpha value is -2.86. The van der Waals surface area contributed by atoms with E-state index in [0.29, 0.717) is 18.0 Å². The summed E-state index contributed by atoms with van der Waals surface area (Å²) in [5.41, 5.74) is 1.99. The number of hydrogen-bond donors (Lipinski definition) is 0. The molecule has 2 atom stereocenters. The molecule has 0 spiro atoms. The van der Waals surface area contributed by atoms with Gasteiger partial charge in [0.25, 0.3) is 5.91 Å². The maximum atomic E-state index is 13.1. The number of halogens is 1. The second kappa shape index (κ2) is 9.76. The van der Waals surface area contributed by atoms with Crippen LogP contribution in [0, 0.1) is 5.82 Å². The number of nitrogens with zero attached hydrogens (tertiary/aromatic N) is 2. The van der Waals surface area contributed by atoms with Crippen LogP contribution < -0.4 is 9.47 Å². The second-order valence-corrected chi connectivity index (χ2v) is 7.70. The summed E-state index contributed by atoms with van der Waals surface area (Å²) in [7, 11) is 1.57. The molecule has 0 aromatic heterocycles. The minimum absolute atomic E-state index is 0.0428. The molecule has 3 rings (SSSR count). The van der Waals surface area contributed by atoms with Crippen LogP contribution in [0.5, 0.6) is 11.5 Å². The Morgan fingerprint density at radius 3 is 2.53 bits per heavy atom. The Balaban J connectivity index is 1.58. The van der Waals surface area contributed by atoms with Gasteiger partial charge in [-0.3, -0.25) is 9.69 Å². The number of carbonyl (C=O) groups excluding carboxylic acids is 1. The average molecular weight is 413 g/mol. The molecule has 0 aliphatic carbocycles. The molecule has 0 N–H and O–H groups in total. The smallest absolute Gasteiger partial charge is 0.260 e. The standard InChI is InChI=1S/C24H29FN2O3/c1-5-19-8-11-22(23(12-19)29-4)30-16-24(28)27-14-17(2)26(13-18(27)3)15-20-6-9-21(25)10-7-20/h5-12,17-18H,1,13-16H2,2-4H3. The van der Waals surface area contributed by atoms with Crippen LogP contribution in [0.2, 0.25) is 0 Å². The maximum Gasteiger partial charge on any atom is 0.260 e. The first-order valence-corrected chi connectivity index (χ1v) is 10.1. The summed E-state index contributed by atoms with van der Waals surface area (Å²) in [6.07, 6.45) is 1.73. The quantitative estimate of drug-likeness (QED) is 0.690. The summed E-state index contributed by atoms with van der Waals surface area (Å²) in [5, 5.41) is 0. The molecule has 2 unspecified atom stereocenters. The van der Waals surface area contributed by atoms with Crippen molar-refractivity contribution in [1.82, 2.24) is 9.80 Å². The highest BCUT2D eigenvalue weighted by Gasteiger charge is 2.32. The lowest BCUT2D eigenvalue weighted by Gasteiger charge is -2.44. The van der Waals surface area contributed by atoms with Crippen molar-refractivity contribution < 1.29 is 18.7 Å². The van der Waals surface area contributed by atoms with Crippen LogP contribution in [-0.4, -0.2) is 54.6 Å². The fraction of sp³-hybridized carbons (Fsp3) is 0.375. The van der Waals surface area contributed by atoms with Gasteiger partial charge in [-0.2, -0.15) is 0 Å². The number of rotatable bonds is 7.